The fourth-order valence-electron chi connectivity index (χ4n) is 1.20. The fourth-order valence-corrected chi connectivity index (χ4v) is 2.01. The van der Waals surface area contributed by atoms with Gasteiger partial charge >= 0.3 is 0 Å². The molecule has 0 amide bonds. The average molecular weight is 233 g/mol. The Kier molecular flexibility index (Phi) is 11.0. The highest BCUT2D eigenvalue weighted by Gasteiger charge is 2.00. The van der Waals surface area contributed by atoms with Gasteiger partial charge in [0, 0.05) is 19.2 Å². The quantitative estimate of drug-likeness (QED) is 0.586. The summed E-state index contributed by atoms with van der Waals surface area (Å²) in [6.45, 7) is 11.5. The third kappa shape index (κ3) is 12.2. The minimum Gasteiger partial charge on any atom is -0.380 e. The molecule has 0 radical (unpaired) electrons. The second-order valence-electron chi connectivity index (χ2n) is 4.31. The molecule has 0 aromatic heterocycles. The van der Waals surface area contributed by atoms with E-state index in [-0.39, 0.29) is 0 Å². The van der Waals surface area contributed by atoms with Crippen LogP contribution in [0.2, 0.25) is 0 Å². The lowest BCUT2D eigenvalue weighted by atomic mass is 10.2. The fraction of sp³-hybridized carbons (Fsp3) is 1.00. The number of thioether (sulfide) groups is 1. The van der Waals surface area contributed by atoms with E-state index in [2.05, 4.69) is 33.0 Å². The Bertz CT molecular complexity index is 131. The molecule has 0 aromatic carbocycles. The first-order chi connectivity index (χ1) is 7.16. The van der Waals surface area contributed by atoms with E-state index >= 15 is 0 Å². The van der Waals surface area contributed by atoms with Gasteiger partial charge < -0.3 is 10.1 Å². The Morgan fingerprint density at radius 3 is 2.60 bits per heavy atom. The zero-order valence-corrected chi connectivity index (χ0v) is 11.5. The van der Waals surface area contributed by atoms with Gasteiger partial charge in [-0.25, -0.2) is 0 Å². The maximum atomic E-state index is 5.50. The van der Waals surface area contributed by atoms with E-state index in [1.807, 2.05) is 11.8 Å². The van der Waals surface area contributed by atoms with Gasteiger partial charge in [-0.05, 0) is 30.8 Å². The summed E-state index contributed by atoms with van der Waals surface area (Å²) in [4.78, 5) is 0. The van der Waals surface area contributed by atoms with Crippen molar-refractivity contribution in [3.63, 3.8) is 0 Å². The number of ether oxygens (including phenoxy) is 1. The third-order valence-corrected chi connectivity index (χ3v) is 3.02. The van der Waals surface area contributed by atoms with Gasteiger partial charge in [-0.2, -0.15) is 11.8 Å². The summed E-state index contributed by atoms with van der Waals surface area (Å²) in [5, 5.41) is 3.48. The Hall–Kier alpha value is 0.270. The first-order valence-corrected chi connectivity index (χ1v) is 7.21. The molecule has 0 aliphatic heterocycles. The lowest BCUT2D eigenvalue weighted by Gasteiger charge is -2.13. The molecule has 1 atom stereocenters. The van der Waals surface area contributed by atoms with Crippen LogP contribution in [0.4, 0.5) is 0 Å². The Balaban J connectivity index is 3.13. The topological polar surface area (TPSA) is 21.3 Å². The van der Waals surface area contributed by atoms with Gasteiger partial charge in [-0.3, -0.25) is 0 Å². The van der Waals surface area contributed by atoms with Crippen molar-refractivity contribution in [3.8, 4) is 0 Å². The third-order valence-electron chi connectivity index (χ3n) is 2.09. The van der Waals surface area contributed by atoms with Crippen molar-refractivity contribution >= 4 is 11.8 Å². The lowest BCUT2D eigenvalue weighted by Crippen LogP contribution is -2.30. The van der Waals surface area contributed by atoms with Crippen LogP contribution in [-0.4, -0.2) is 37.3 Å². The number of hydrogen-bond donors (Lipinski definition) is 1. The maximum absolute atomic E-state index is 5.50. The molecule has 0 spiro atoms. The molecule has 0 bridgehead atoms. The standard InChI is InChI=1S/C12H27NOS/c1-5-15-9-6-12(4)13-7-8-14-10-11(2)3/h11-13H,5-10H2,1-4H3. The monoisotopic (exact) mass is 233 g/mol. The summed E-state index contributed by atoms with van der Waals surface area (Å²) in [7, 11) is 0. The first kappa shape index (κ1) is 15.3. The van der Waals surface area contributed by atoms with Crippen LogP contribution in [0, 0.1) is 5.92 Å². The van der Waals surface area contributed by atoms with Crippen molar-refractivity contribution in [2.24, 2.45) is 5.92 Å². The van der Waals surface area contributed by atoms with E-state index in [1.165, 1.54) is 17.9 Å². The molecule has 0 fully saturated rings. The van der Waals surface area contributed by atoms with Crippen LogP contribution in [-0.2, 0) is 4.74 Å². The molecule has 2 nitrogen and oxygen atoms in total. The SMILES string of the molecule is CCSCCC(C)NCCOCC(C)C. The number of hydrogen-bond acceptors (Lipinski definition) is 3. The lowest BCUT2D eigenvalue weighted by molar-refractivity contribution is 0.110. The highest BCUT2D eigenvalue weighted by atomic mass is 32.2. The van der Waals surface area contributed by atoms with Crippen LogP contribution < -0.4 is 5.32 Å². The highest BCUT2D eigenvalue weighted by Crippen LogP contribution is 2.03. The largest absolute Gasteiger partial charge is 0.380 e. The summed E-state index contributed by atoms with van der Waals surface area (Å²) >= 11 is 2.01. The van der Waals surface area contributed by atoms with Crippen molar-refractivity contribution in [2.75, 3.05) is 31.3 Å². The summed E-state index contributed by atoms with van der Waals surface area (Å²) in [6, 6.07) is 0.617. The molecule has 1 N–H and O–H groups in total. The van der Waals surface area contributed by atoms with Crippen LogP contribution in [0.15, 0.2) is 0 Å². The van der Waals surface area contributed by atoms with Crippen molar-refractivity contribution in [1.82, 2.24) is 5.32 Å². The molecule has 0 saturated carbocycles. The molecular weight excluding hydrogens is 206 g/mol. The average Bonchev–Trinajstić information content (AvgIpc) is 2.17. The molecule has 0 aliphatic rings. The Morgan fingerprint density at radius 2 is 2.00 bits per heavy atom. The molecule has 0 rings (SSSR count). The van der Waals surface area contributed by atoms with E-state index in [1.54, 1.807) is 0 Å². The van der Waals surface area contributed by atoms with Gasteiger partial charge in [0.25, 0.3) is 0 Å². The summed E-state index contributed by atoms with van der Waals surface area (Å²) in [6.07, 6.45) is 1.25. The highest BCUT2D eigenvalue weighted by molar-refractivity contribution is 7.99. The Labute approximate surface area is 99.5 Å². The molecule has 0 heterocycles. The van der Waals surface area contributed by atoms with Gasteiger partial charge in [0.15, 0.2) is 0 Å². The van der Waals surface area contributed by atoms with Crippen molar-refractivity contribution in [2.45, 2.75) is 40.2 Å². The summed E-state index contributed by atoms with van der Waals surface area (Å²) in [5.74, 6) is 3.13. The summed E-state index contributed by atoms with van der Waals surface area (Å²) < 4.78 is 5.50. The second kappa shape index (κ2) is 10.8. The van der Waals surface area contributed by atoms with E-state index in [0.29, 0.717) is 12.0 Å². The normalized spacial score (nSPS) is 13.4. The molecule has 0 aliphatic carbocycles. The maximum Gasteiger partial charge on any atom is 0.0591 e. The molecule has 0 saturated heterocycles. The molecule has 3 heteroatoms. The van der Waals surface area contributed by atoms with Crippen LogP contribution in [0.25, 0.3) is 0 Å². The molecule has 0 aromatic rings. The molecule has 92 valence electrons. The predicted octanol–water partition coefficient (Wildman–Crippen LogP) is 2.78. The molecular formula is C12H27NOS. The van der Waals surface area contributed by atoms with Gasteiger partial charge in [0.1, 0.15) is 0 Å². The minimum absolute atomic E-state index is 0.617. The van der Waals surface area contributed by atoms with Crippen molar-refractivity contribution in [1.29, 1.82) is 0 Å². The smallest absolute Gasteiger partial charge is 0.0591 e. The van der Waals surface area contributed by atoms with E-state index in [9.17, 15) is 0 Å². The van der Waals surface area contributed by atoms with E-state index < -0.39 is 0 Å². The minimum atomic E-state index is 0.617. The molecule has 15 heavy (non-hydrogen) atoms. The van der Waals surface area contributed by atoms with Crippen molar-refractivity contribution < 1.29 is 4.74 Å². The number of nitrogens with one attached hydrogen (secondary N) is 1. The van der Waals surface area contributed by atoms with E-state index in [4.69, 9.17) is 4.74 Å². The van der Waals surface area contributed by atoms with Crippen molar-refractivity contribution in [3.05, 3.63) is 0 Å². The first-order valence-electron chi connectivity index (χ1n) is 6.05. The van der Waals surface area contributed by atoms with Crippen LogP contribution in [0.5, 0.6) is 0 Å². The second-order valence-corrected chi connectivity index (χ2v) is 5.70. The van der Waals surface area contributed by atoms with Gasteiger partial charge in [0.2, 0.25) is 0 Å². The summed E-state index contributed by atoms with van der Waals surface area (Å²) in [5.41, 5.74) is 0. The zero-order chi connectivity index (χ0) is 11.5. The zero-order valence-electron chi connectivity index (χ0n) is 10.7. The van der Waals surface area contributed by atoms with Gasteiger partial charge in [0.05, 0.1) is 6.61 Å². The van der Waals surface area contributed by atoms with Gasteiger partial charge in [-0.1, -0.05) is 20.8 Å². The van der Waals surface area contributed by atoms with Crippen LogP contribution in [0.3, 0.4) is 0 Å². The number of rotatable bonds is 10. The van der Waals surface area contributed by atoms with Crippen LogP contribution in [0.1, 0.15) is 34.1 Å². The molecule has 1 unspecified atom stereocenters. The Morgan fingerprint density at radius 1 is 1.27 bits per heavy atom. The van der Waals surface area contributed by atoms with Gasteiger partial charge in [-0.15, -0.1) is 0 Å². The predicted molar refractivity (Wildman–Crippen MR) is 70.7 cm³/mol. The van der Waals surface area contributed by atoms with E-state index in [0.717, 1.165) is 19.8 Å². The van der Waals surface area contributed by atoms with Crippen LogP contribution >= 0.6 is 11.8 Å².